The summed E-state index contributed by atoms with van der Waals surface area (Å²) < 4.78 is 0. The number of benzene rings is 2. The summed E-state index contributed by atoms with van der Waals surface area (Å²) in [6.07, 6.45) is 0.432. The van der Waals surface area contributed by atoms with Crippen molar-refractivity contribution in [1.82, 2.24) is 10.6 Å². The molecule has 0 radical (unpaired) electrons. The molecule has 4 N–H and O–H groups in total. The SMILES string of the molecule is O=C1NC(Cc2ccccc2O)C(=O)NC1Cc1ccccc1O. The normalized spacial score (nSPS) is 20.3. The van der Waals surface area contributed by atoms with Gasteiger partial charge in [-0.2, -0.15) is 0 Å². The van der Waals surface area contributed by atoms with Gasteiger partial charge in [-0.05, 0) is 23.3 Å². The van der Waals surface area contributed by atoms with E-state index in [0.717, 1.165) is 0 Å². The average Bonchev–Trinajstić information content (AvgIpc) is 2.56. The van der Waals surface area contributed by atoms with Crippen molar-refractivity contribution in [1.29, 1.82) is 0 Å². The molecule has 3 rings (SSSR count). The molecule has 0 aliphatic carbocycles. The molecule has 6 heteroatoms. The number of nitrogens with one attached hydrogen (secondary N) is 2. The molecular weight excluding hydrogens is 308 g/mol. The van der Waals surface area contributed by atoms with Crippen molar-refractivity contribution in [3.05, 3.63) is 59.7 Å². The van der Waals surface area contributed by atoms with Gasteiger partial charge in [0.15, 0.2) is 0 Å². The molecule has 124 valence electrons. The number of amides is 2. The van der Waals surface area contributed by atoms with Crippen molar-refractivity contribution in [2.24, 2.45) is 0 Å². The summed E-state index contributed by atoms with van der Waals surface area (Å²) in [5, 5.41) is 25.0. The van der Waals surface area contributed by atoms with Crippen molar-refractivity contribution in [2.45, 2.75) is 24.9 Å². The summed E-state index contributed by atoms with van der Waals surface area (Å²) in [6, 6.07) is 12.0. The predicted octanol–water partition coefficient (Wildman–Crippen LogP) is 0.866. The standard InChI is InChI=1S/C18H18N2O4/c21-15-7-3-1-5-11(15)9-13-17(23)20-14(18(24)19-13)10-12-6-2-4-8-16(12)22/h1-8,13-14,21-22H,9-10H2,(H,19,24)(H,20,23). The van der Waals surface area contributed by atoms with Gasteiger partial charge < -0.3 is 20.8 Å². The smallest absolute Gasteiger partial charge is 0.243 e. The van der Waals surface area contributed by atoms with E-state index in [2.05, 4.69) is 10.6 Å². The molecule has 1 saturated heterocycles. The van der Waals surface area contributed by atoms with Gasteiger partial charge in [-0.15, -0.1) is 0 Å². The number of rotatable bonds is 4. The highest BCUT2D eigenvalue weighted by molar-refractivity contribution is 5.97. The number of hydrogen-bond donors (Lipinski definition) is 4. The Bertz CT molecular complexity index is 710. The first-order valence-electron chi connectivity index (χ1n) is 7.69. The zero-order valence-electron chi connectivity index (χ0n) is 12.9. The van der Waals surface area contributed by atoms with Crippen LogP contribution in [0, 0.1) is 0 Å². The number of para-hydroxylation sites is 2. The summed E-state index contributed by atoms with van der Waals surface area (Å²) in [5.74, 6) is -0.427. The molecule has 1 heterocycles. The molecule has 0 saturated carbocycles. The van der Waals surface area contributed by atoms with Crippen molar-refractivity contribution in [2.75, 3.05) is 0 Å². The first-order chi connectivity index (χ1) is 11.5. The zero-order valence-corrected chi connectivity index (χ0v) is 12.9. The largest absolute Gasteiger partial charge is 0.508 e. The lowest BCUT2D eigenvalue weighted by Gasteiger charge is -2.30. The molecule has 24 heavy (non-hydrogen) atoms. The quantitative estimate of drug-likeness (QED) is 0.670. The fourth-order valence-corrected chi connectivity index (χ4v) is 2.77. The highest BCUT2D eigenvalue weighted by atomic mass is 16.3. The van der Waals surface area contributed by atoms with Gasteiger partial charge in [0, 0.05) is 12.8 Å². The lowest BCUT2D eigenvalue weighted by Crippen LogP contribution is -2.62. The summed E-state index contributed by atoms with van der Waals surface area (Å²) in [6.45, 7) is 0. The lowest BCUT2D eigenvalue weighted by atomic mass is 9.98. The van der Waals surface area contributed by atoms with E-state index in [4.69, 9.17) is 0 Å². The van der Waals surface area contributed by atoms with E-state index in [9.17, 15) is 19.8 Å². The Morgan fingerprint density at radius 3 is 1.46 bits per heavy atom. The molecule has 2 atom stereocenters. The Morgan fingerprint density at radius 1 is 0.708 bits per heavy atom. The van der Waals surface area contributed by atoms with Gasteiger partial charge in [-0.1, -0.05) is 36.4 Å². The molecular formula is C18H18N2O4. The molecule has 1 aliphatic heterocycles. The van der Waals surface area contributed by atoms with Crippen LogP contribution in [0.25, 0.3) is 0 Å². The van der Waals surface area contributed by atoms with Gasteiger partial charge in [-0.25, -0.2) is 0 Å². The molecule has 2 amide bonds. The van der Waals surface area contributed by atoms with Gasteiger partial charge in [-0.3, -0.25) is 9.59 Å². The number of phenolic OH excluding ortho intramolecular Hbond substituents is 2. The van der Waals surface area contributed by atoms with Crippen LogP contribution in [-0.4, -0.2) is 34.1 Å². The van der Waals surface area contributed by atoms with Crippen LogP contribution < -0.4 is 10.6 Å². The van der Waals surface area contributed by atoms with Crippen LogP contribution in [0.1, 0.15) is 11.1 Å². The first-order valence-corrected chi connectivity index (χ1v) is 7.69. The van der Waals surface area contributed by atoms with E-state index in [-0.39, 0.29) is 36.2 Å². The van der Waals surface area contributed by atoms with Crippen molar-refractivity contribution < 1.29 is 19.8 Å². The van der Waals surface area contributed by atoms with Crippen LogP contribution in [0.3, 0.4) is 0 Å². The van der Waals surface area contributed by atoms with E-state index in [1.807, 2.05) is 0 Å². The fourth-order valence-electron chi connectivity index (χ4n) is 2.77. The van der Waals surface area contributed by atoms with Gasteiger partial charge in [0.1, 0.15) is 23.6 Å². The van der Waals surface area contributed by atoms with Crippen molar-refractivity contribution in [3.63, 3.8) is 0 Å². The third kappa shape index (κ3) is 3.32. The number of phenols is 2. The maximum Gasteiger partial charge on any atom is 0.243 e. The average molecular weight is 326 g/mol. The van der Waals surface area contributed by atoms with Crippen LogP contribution >= 0.6 is 0 Å². The van der Waals surface area contributed by atoms with E-state index < -0.39 is 12.1 Å². The molecule has 0 aromatic heterocycles. The van der Waals surface area contributed by atoms with Crippen molar-refractivity contribution >= 4 is 11.8 Å². The monoisotopic (exact) mass is 326 g/mol. The highest BCUT2D eigenvalue weighted by Crippen LogP contribution is 2.20. The Labute approximate surface area is 139 Å². The maximum atomic E-state index is 12.3. The molecule has 2 aromatic carbocycles. The fraction of sp³-hybridized carbons (Fsp3) is 0.222. The Kier molecular flexibility index (Phi) is 4.37. The second-order valence-corrected chi connectivity index (χ2v) is 5.79. The summed E-state index contributed by atoms with van der Waals surface area (Å²) >= 11 is 0. The molecule has 0 bridgehead atoms. The van der Waals surface area contributed by atoms with Gasteiger partial charge >= 0.3 is 0 Å². The van der Waals surface area contributed by atoms with Crippen LogP contribution in [0.15, 0.2) is 48.5 Å². The first kappa shape index (κ1) is 15.9. The number of carbonyl (C=O) groups is 2. The number of hydrogen-bond acceptors (Lipinski definition) is 4. The minimum absolute atomic E-state index is 0.0934. The second-order valence-electron chi connectivity index (χ2n) is 5.79. The summed E-state index contributed by atoms with van der Waals surface area (Å²) in [7, 11) is 0. The molecule has 1 aliphatic rings. The number of aromatic hydroxyl groups is 2. The van der Waals surface area contributed by atoms with Crippen LogP contribution in [0.2, 0.25) is 0 Å². The van der Waals surface area contributed by atoms with E-state index >= 15 is 0 Å². The van der Waals surface area contributed by atoms with Gasteiger partial charge in [0.05, 0.1) is 0 Å². The zero-order chi connectivity index (χ0) is 17.1. The molecule has 6 nitrogen and oxygen atoms in total. The van der Waals surface area contributed by atoms with Crippen LogP contribution in [-0.2, 0) is 22.4 Å². The third-order valence-electron chi connectivity index (χ3n) is 4.10. The number of piperazine rings is 1. The third-order valence-corrected chi connectivity index (χ3v) is 4.10. The number of carbonyl (C=O) groups excluding carboxylic acids is 2. The van der Waals surface area contributed by atoms with Crippen molar-refractivity contribution in [3.8, 4) is 11.5 Å². The Hall–Kier alpha value is -3.02. The topological polar surface area (TPSA) is 98.7 Å². The second kappa shape index (κ2) is 6.62. The lowest BCUT2D eigenvalue weighted by molar-refractivity contribution is -0.136. The minimum atomic E-state index is -0.730. The molecule has 0 spiro atoms. The highest BCUT2D eigenvalue weighted by Gasteiger charge is 2.34. The predicted molar refractivity (Wildman–Crippen MR) is 87.5 cm³/mol. The Balaban J connectivity index is 1.68. The maximum absolute atomic E-state index is 12.3. The van der Waals surface area contributed by atoms with Gasteiger partial charge in [0.2, 0.25) is 11.8 Å². The van der Waals surface area contributed by atoms with E-state index in [1.165, 1.54) is 0 Å². The molecule has 1 fully saturated rings. The van der Waals surface area contributed by atoms with Crippen LogP contribution in [0.4, 0.5) is 0 Å². The summed E-state index contributed by atoms with van der Waals surface area (Å²) in [5.41, 5.74) is 1.19. The Morgan fingerprint density at radius 2 is 1.08 bits per heavy atom. The van der Waals surface area contributed by atoms with E-state index in [1.54, 1.807) is 48.5 Å². The summed E-state index contributed by atoms with van der Waals surface area (Å²) in [4.78, 5) is 24.5. The minimum Gasteiger partial charge on any atom is -0.508 e. The molecule has 2 unspecified atom stereocenters. The van der Waals surface area contributed by atoms with E-state index in [0.29, 0.717) is 11.1 Å². The molecule has 2 aromatic rings. The van der Waals surface area contributed by atoms with Gasteiger partial charge in [0.25, 0.3) is 0 Å². The van der Waals surface area contributed by atoms with Crippen LogP contribution in [0.5, 0.6) is 11.5 Å².